The summed E-state index contributed by atoms with van der Waals surface area (Å²) in [5.41, 5.74) is 0. The zero-order chi connectivity index (χ0) is 49.9. The maximum atomic E-state index is 12.5. The largest absolute Gasteiger partial charge is 0.394 e. The number of unbranched alkanes of at least 4 members (excludes halogenated alkanes) is 52. The van der Waals surface area contributed by atoms with Gasteiger partial charge < -0.3 is 15.5 Å². The first-order valence-electron chi connectivity index (χ1n) is 32.4. The van der Waals surface area contributed by atoms with E-state index < -0.39 is 12.1 Å². The quantitative estimate of drug-likeness (QED) is 0.0420. The number of nitrogens with one attached hydrogen (secondary N) is 1. The van der Waals surface area contributed by atoms with Crippen molar-refractivity contribution in [2.24, 2.45) is 0 Å². The van der Waals surface area contributed by atoms with Gasteiger partial charge >= 0.3 is 0 Å². The number of carbonyl (C=O) groups is 1. The van der Waals surface area contributed by atoms with E-state index in [4.69, 9.17) is 0 Å². The molecule has 0 rings (SSSR count). The number of aliphatic hydroxyl groups excluding tert-OH is 2. The SMILES string of the molecule is CCCCCCCCCC/C=C\CCCCCCCCCCCCCCCCCCCCCCCCCCCCCCCC(=O)NC(CO)C(O)CCCCCCCCCCCCCCCCCC. The monoisotopic (exact) mass is 972 g/mol. The average molecular weight is 973 g/mol. The first-order chi connectivity index (χ1) is 34.2. The van der Waals surface area contributed by atoms with Crippen LogP contribution in [0.25, 0.3) is 0 Å². The molecular weight excluding hydrogens is 843 g/mol. The lowest BCUT2D eigenvalue weighted by Gasteiger charge is -2.22. The fourth-order valence-corrected chi connectivity index (χ4v) is 10.6. The summed E-state index contributed by atoms with van der Waals surface area (Å²) in [7, 11) is 0. The lowest BCUT2D eigenvalue weighted by atomic mass is 10.0. The van der Waals surface area contributed by atoms with E-state index >= 15 is 0 Å². The summed E-state index contributed by atoms with van der Waals surface area (Å²) < 4.78 is 0. The van der Waals surface area contributed by atoms with Gasteiger partial charge in [-0.2, -0.15) is 0 Å². The summed E-state index contributed by atoms with van der Waals surface area (Å²) >= 11 is 0. The molecule has 0 aromatic carbocycles. The molecular formula is C65H129NO3. The van der Waals surface area contributed by atoms with Crippen LogP contribution in [0.2, 0.25) is 0 Å². The van der Waals surface area contributed by atoms with Crippen molar-refractivity contribution in [2.45, 2.75) is 392 Å². The van der Waals surface area contributed by atoms with Gasteiger partial charge in [-0.15, -0.1) is 0 Å². The van der Waals surface area contributed by atoms with Gasteiger partial charge in [-0.1, -0.05) is 347 Å². The van der Waals surface area contributed by atoms with E-state index in [0.717, 1.165) is 25.7 Å². The second kappa shape index (κ2) is 61.4. The highest BCUT2D eigenvalue weighted by atomic mass is 16.3. The molecule has 0 aromatic rings. The third-order valence-electron chi connectivity index (χ3n) is 15.5. The van der Waals surface area contributed by atoms with Crippen molar-refractivity contribution in [1.29, 1.82) is 0 Å². The van der Waals surface area contributed by atoms with Gasteiger partial charge in [0.1, 0.15) is 0 Å². The zero-order valence-electron chi connectivity index (χ0n) is 47.6. The zero-order valence-corrected chi connectivity index (χ0v) is 47.6. The number of rotatable bonds is 61. The molecule has 4 nitrogen and oxygen atoms in total. The van der Waals surface area contributed by atoms with Crippen LogP contribution in [-0.2, 0) is 4.79 Å². The molecule has 0 bridgehead atoms. The van der Waals surface area contributed by atoms with Crippen LogP contribution in [0.4, 0.5) is 0 Å². The lowest BCUT2D eigenvalue weighted by Crippen LogP contribution is -2.45. The molecule has 412 valence electrons. The van der Waals surface area contributed by atoms with Gasteiger partial charge in [0.2, 0.25) is 5.91 Å². The smallest absolute Gasteiger partial charge is 0.220 e. The molecule has 0 fully saturated rings. The molecule has 0 radical (unpaired) electrons. The fourth-order valence-electron chi connectivity index (χ4n) is 10.6. The summed E-state index contributed by atoms with van der Waals surface area (Å²) in [6.45, 7) is 4.40. The highest BCUT2D eigenvalue weighted by molar-refractivity contribution is 5.76. The van der Waals surface area contributed by atoms with E-state index in [1.165, 1.54) is 327 Å². The Hall–Kier alpha value is -0.870. The Kier molecular flexibility index (Phi) is 60.7. The van der Waals surface area contributed by atoms with E-state index in [0.29, 0.717) is 12.8 Å². The lowest BCUT2D eigenvalue weighted by molar-refractivity contribution is -0.123. The van der Waals surface area contributed by atoms with Gasteiger partial charge in [-0.3, -0.25) is 4.79 Å². The van der Waals surface area contributed by atoms with E-state index in [9.17, 15) is 15.0 Å². The first kappa shape index (κ1) is 68.1. The third kappa shape index (κ3) is 57.9. The summed E-state index contributed by atoms with van der Waals surface area (Å²) in [5, 5.41) is 23.3. The Labute approximate surface area is 435 Å². The summed E-state index contributed by atoms with van der Waals surface area (Å²) in [6, 6.07) is -0.532. The normalized spacial score (nSPS) is 12.7. The fraction of sp³-hybridized carbons (Fsp3) is 0.954. The minimum atomic E-state index is -0.655. The van der Waals surface area contributed by atoms with Crippen molar-refractivity contribution in [2.75, 3.05) is 6.61 Å². The van der Waals surface area contributed by atoms with Crippen LogP contribution >= 0.6 is 0 Å². The number of aliphatic hydroxyl groups is 2. The highest BCUT2D eigenvalue weighted by Crippen LogP contribution is 2.19. The minimum Gasteiger partial charge on any atom is -0.394 e. The number of carbonyl (C=O) groups excluding carboxylic acids is 1. The van der Waals surface area contributed by atoms with Gasteiger partial charge in [-0.05, 0) is 38.5 Å². The van der Waals surface area contributed by atoms with Crippen molar-refractivity contribution in [3.05, 3.63) is 12.2 Å². The van der Waals surface area contributed by atoms with Crippen LogP contribution in [0.3, 0.4) is 0 Å². The van der Waals surface area contributed by atoms with Crippen molar-refractivity contribution < 1.29 is 15.0 Å². The molecule has 2 atom stereocenters. The maximum Gasteiger partial charge on any atom is 0.220 e. The van der Waals surface area contributed by atoms with E-state index in [-0.39, 0.29) is 12.5 Å². The van der Waals surface area contributed by atoms with E-state index in [1.807, 2.05) is 0 Å². The number of allylic oxidation sites excluding steroid dienone is 2. The molecule has 0 heterocycles. The molecule has 69 heavy (non-hydrogen) atoms. The molecule has 0 aromatic heterocycles. The van der Waals surface area contributed by atoms with Crippen molar-refractivity contribution in [3.8, 4) is 0 Å². The Morgan fingerprint density at radius 2 is 0.551 bits per heavy atom. The number of hydrogen-bond acceptors (Lipinski definition) is 3. The van der Waals surface area contributed by atoms with E-state index in [1.54, 1.807) is 0 Å². The molecule has 0 spiro atoms. The van der Waals surface area contributed by atoms with Crippen molar-refractivity contribution in [1.82, 2.24) is 5.32 Å². The predicted octanol–water partition coefficient (Wildman–Crippen LogP) is 21.7. The van der Waals surface area contributed by atoms with Gasteiger partial charge in [0, 0.05) is 6.42 Å². The maximum absolute atomic E-state index is 12.5. The Morgan fingerprint density at radius 1 is 0.333 bits per heavy atom. The molecule has 0 saturated heterocycles. The molecule has 3 N–H and O–H groups in total. The summed E-state index contributed by atoms with van der Waals surface area (Å²) in [4.78, 5) is 12.5. The number of amides is 1. The summed E-state index contributed by atoms with van der Waals surface area (Å²) in [5.74, 6) is -0.0223. The Morgan fingerprint density at radius 3 is 0.797 bits per heavy atom. The molecule has 0 aliphatic carbocycles. The van der Waals surface area contributed by atoms with E-state index in [2.05, 4.69) is 31.3 Å². The van der Waals surface area contributed by atoms with Gasteiger partial charge in [0.05, 0.1) is 18.8 Å². The highest BCUT2D eigenvalue weighted by Gasteiger charge is 2.20. The molecule has 4 heteroatoms. The van der Waals surface area contributed by atoms with Gasteiger partial charge in [0.15, 0.2) is 0 Å². The number of hydrogen-bond donors (Lipinski definition) is 3. The standard InChI is InChI=1S/C65H129NO3/c1-3-5-7-9-11-13-15-17-19-21-22-23-24-25-26-27-28-29-30-31-32-33-34-35-36-37-38-39-40-41-42-43-44-45-47-49-51-53-55-57-59-61-65(69)66-63(62-67)64(68)60-58-56-54-52-50-48-46-20-18-16-14-12-10-8-6-4-2/h21-22,63-64,67-68H,3-20,23-62H2,1-2H3,(H,66,69)/b22-21-. The predicted molar refractivity (Wildman–Crippen MR) is 309 cm³/mol. The second-order valence-corrected chi connectivity index (χ2v) is 22.5. The van der Waals surface area contributed by atoms with Crippen LogP contribution in [0.1, 0.15) is 380 Å². The Bertz CT molecular complexity index is 967. The van der Waals surface area contributed by atoms with Crippen LogP contribution in [-0.4, -0.2) is 34.9 Å². The average Bonchev–Trinajstić information content (AvgIpc) is 3.35. The Balaban J connectivity index is 3.32. The first-order valence-corrected chi connectivity index (χ1v) is 32.4. The molecule has 0 saturated carbocycles. The van der Waals surface area contributed by atoms with Crippen molar-refractivity contribution >= 4 is 5.91 Å². The second-order valence-electron chi connectivity index (χ2n) is 22.5. The van der Waals surface area contributed by atoms with Gasteiger partial charge in [-0.25, -0.2) is 0 Å². The molecule has 0 aliphatic rings. The molecule has 1 amide bonds. The van der Waals surface area contributed by atoms with Crippen LogP contribution in [0.15, 0.2) is 12.2 Å². The van der Waals surface area contributed by atoms with Crippen LogP contribution < -0.4 is 5.32 Å². The molecule has 0 aliphatic heterocycles. The van der Waals surface area contributed by atoms with Crippen LogP contribution in [0, 0.1) is 0 Å². The van der Waals surface area contributed by atoms with Crippen LogP contribution in [0.5, 0.6) is 0 Å². The van der Waals surface area contributed by atoms with Crippen molar-refractivity contribution in [3.63, 3.8) is 0 Å². The van der Waals surface area contributed by atoms with Gasteiger partial charge in [0.25, 0.3) is 0 Å². The minimum absolute atomic E-state index is 0.0223. The topological polar surface area (TPSA) is 69.6 Å². The summed E-state index contributed by atoms with van der Waals surface area (Å²) in [6.07, 6.45) is 81.2. The third-order valence-corrected chi connectivity index (χ3v) is 15.5. The molecule has 2 unspecified atom stereocenters.